The monoisotopic (exact) mass is 451 g/mol. The Morgan fingerprint density at radius 3 is 2.48 bits per heavy atom. The molecule has 0 spiro atoms. The molecule has 1 N–H and O–H groups in total. The number of hydrogen-bond acceptors (Lipinski definition) is 6. The third-order valence-electron chi connectivity index (χ3n) is 6.50. The molecule has 3 aliphatic heterocycles. The van der Waals surface area contributed by atoms with Gasteiger partial charge in [0.15, 0.2) is 0 Å². The van der Waals surface area contributed by atoms with Crippen LogP contribution in [0.4, 0.5) is 10.5 Å². The Hall–Kier alpha value is -3.38. The summed E-state index contributed by atoms with van der Waals surface area (Å²) in [4.78, 5) is 44.0. The highest BCUT2D eigenvalue weighted by Gasteiger charge is 2.47. The molecule has 3 heterocycles. The molecule has 0 aromatic heterocycles. The summed E-state index contributed by atoms with van der Waals surface area (Å²) < 4.78 is 4.83. The average molecular weight is 452 g/mol. The molecule has 1 aromatic carbocycles. The topological polar surface area (TPSA) is 106 Å². The highest BCUT2D eigenvalue weighted by molar-refractivity contribution is 6.33. The van der Waals surface area contributed by atoms with E-state index in [0.29, 0.717) is 12.2 Å². The van der Waals surface area contributed by atoms with E-state index in [2.05, 4.69) is 16.3 Å². The summed E-state index contributed by atoms with van der Waals surface area (Å²) in [7, 11) is 0. The Morgan fingerprint density at radius 2 is 1.82 bits per heavy atom. The van der Waals surface area contributed by atoms with Crippen molar-refractivity contribution in [3.63, 3.8) is 0 Å². The third-order valence-corrected chi connectivity index (χ3v) is 6.50. The number of benzene rings is 1. The molecular weight excluding hydrogens is 422 g/mol. The van der Waals surface area contributed by atoms with Crippen LogP contribution in [0.1, 0.15) is 39.0 Å². The Kier molecular flexibility index (Phi) is 6.94. The van der Waals surface area contributed by atoms with Crippen LogP contribution in [0.25, 0.3) is 0 Å². The number of anilines is 1. The molecule has 2 fully saturated rings. The van der Waals surface area contributed by atoms with E-state index in [-0.39, 0.29) is 30.1 Å². The van der Waals surface area contributed by atoms with Crippen LogP contribution >= 0.6 is 0 Å². The molecule has 2 unspecified atom stereocenters. The molecule has 0 saturated carbocycles. The van der Waals surface area contributed by atoms with Crippen LogP contribution in [0.15, 0.2) is 41.7 Å². The van der Waals surface area contributed by atoms with Crippen molar-refractivity contribution in [3.05, 3.63) is 41.7 Å². The van der Waals surface area contributed by atoms with Crippen LogP contribution < -0.4 is 10.2 Å². The van der Waals surface area contributed by atoms with Gasteiger partial charge in [-0.15, -0.1) is 0 Å². The van der Waals surface area contributed by atoms with Gasteiger partial charge in [0.05, 0.1) is 23.9 Å². The molecule has 33 heavy (non-hydrogen) atoms. The number of nitriles is 1. The summed E-state index contributed by atoms with van der Waals surface area (Å²) in [5.41, 5.74) is 0.796. The smallest absolute Gasteiger partial charge is 0.397 e. The number of hydrogen-bond donors (Lipinski definition) is 1. The van der Waals surface area contributed by atoms with Crippen LogP contribution in [0.3, 0.4) is 0 Å². The lowest BCUT2D eigenvalue weighted by molar-refractivity contribution is -0.154. The Balaban J connectivity index is 1.84. The SMILES string of the molecule is CCOC(=O)C(=O)NC1=C(C#N)C2C(N3CCCC3)CCCCN2C(=O)N1c1ccccc1. The molecule has 3 amide bonds. The molecule has 2 atom stereocenters. The number of para-hydroxylation sites is 1. The highest BCUT2D eigenvalue weighted by Crippen LogP contribution is 2.36. The maximum absolute atomic E-state index is 13.8. The zero-order valence-electron chi connectivity index (χ0n) is 18.8. The minimum absolute atomic E-state index is 0.0129. The first-order chi connectivity index (χ1) is 16.1. The van der Waals surface area contributed by atoms with Crippen molar-refractivity contribution in [1.82, 2.24) is 15.1 Å². The molecule has 2 saturated heterocycles. The Bertz CT molecular complexity index is 980. The molecule has 9 nitrogen and oxygen atoms in total. The summed E-state index contributed by atoms with van der Waals surface area (Å²) in [6, 6.07) is 10.3. The first-order valence-corrected chi connectivity index (χ1v) is 11.6. The standard InChI is InChI=1S/C24H29N5O4/c1-2-33-23(31)22(30)26-21-18(16-25)20-19(27-13-8-9-14-27)12-6-7-15-28(20)24(32)29(21)17-10-4-3-5-11-17/h3-5,10-11,19-20H,2,6-9,12-15H2,1H3,(H,26,30). The van der Waals surface area contributed by atoms with Crippen LogP contribution in [-0.4, -0.2) is 66.0 Å². The third kappa shape index (κ3) is 4.44. The van der Waals surface area contributed by atoms with E-state index in [4.69, 9.17) is 4.74 Å². The number of urea groups is 1. The van der Waals surface area contributed by atoms with E-state index in [9.17, 15) is 19.6 Å². The Morgan fingerprint density at radius 1 is 1.12 bits per heavy atom. The second-order valence-electron chi connectivity index (χ2n) is 8.45. The second kappa shape index (κ2) is 10.0. The summed E-state index contributed by atoms with van der Waals surface area (Å²) >= 11 is 0. The van der Waals surface area contributed by atoms with Gasteiger partial charge in [0, 0.05) is 12.6 Å². The number of carbonyl (C=O) groups is 3. The summed E-state index contributed by atoms with van der Waals surface area (Å²) in [6.45, 7) is 4.03. The lowest BCUT2D eigenvalue weighted by Gasteiger charge is -2.45. The fourth-order valence-electron chi connectivity index (χ4n) is 5.06. The maximum atomic E-state index is 13.8. The molecule has 4 rings (SSSR count). The van der Waals surface area contributed by atoms with Gasteiger partial charge in [-0.1, -0.05) is 24.6 Å². The number of likely N-dealkylation sites (tertiary alicyclic amines) is 1. The zero-order chi connectivity index (χ0) is 23.4. The number of ether oxygens (including phenoxy) is 1. The second-order valence-corrected chi connectivity index (χ2v) is 8.45. The van der Waals surface area contributed by atoms with E-state index in [0.717, 1.165) is 45.2 Å². The largest absolute Gasteiger partial charge is 0.459 e. The number of esters is 1. The minimum atomic E-state index is -1.05. The normalized spacial score (nSPS) is 23.6. The number of fused-ring (bicyclic) bond motifs is 1. The van der Waals surface area contributed by atoms with Crippen molar-refractivity contribution in [2.75, 3.05) is 31.1 Å². The molecular formula is C24H29N5O4. The molecule has 0 radical (unpaired) electrons. The number of nitrogens with one attached hydrogen (secondary N) is 1. The zero-order valence-corrected chi connectivity index (χ0v) is 18.8. The van der Waals surface area contributed by atoms with Crippen molar-refractivity contribution < 1.29 is 19.1 Å². The van der Waals surface area contributed by atoms with Gasteiger partial charge in [0.2, 0.25) is 0 Å². The lowest BCUT2D eigenvalue weighted by atomic mass is 9.92. The molecule has 174 valence electrons. The predicted molar refractivity (Wildman–Crippen MR) is 121 cm³/mol. The van der Waals surface area contributed by atoms with Crippen molar-refractivity contribution in [1.29, 1.82) is 5.26 Å². The van der Waals surface area contributed by atoms with Gasteiger partial charge < -0.3 is 15.0 Å². The van der Waals surface area contributed by atoms with E-state index < -0.39 is 17.9 Å². The first-order valence-electron chi connectivity index (χ1n) is 11.6. The van der Waals surface area contributed by atoms with E-state index >= 15 is 0 Å². The van der Waals surface area contributed by atoms with E-state index in [1.54, 1.807) is 36.1 Å². The van der Waals surface area contributed by atoms with Crippen molar-refractivity contribution in [3.8, 4) is 6.07 Å². The van der Waals surface area contributed by atoms with Crippen molar-refractivity contribution in [2.24, 2.45) is 0 Å². The van der Waals surface area contributed by atoms with Gasteiger partial charge in [-0.3, -0.25) is 9.69 Å². The summed E-state index contributed by atoms with van der Waals surface area (Å²) in [5.74, 6) is -2.02. The van der Waals surface area contributed by atoms with E-state index in [1.165, 1.54) is 4.90 Å². The number of amides is 3. The first kappa shape index (κ1) is 22.8. The van der Waals surface area contributed by atoms with Gasteiger partial charge in [-0.2, -0.15) is 5.26 Å². The van der Waals surface area contributed by atoms with Gasteiger partial charge in [0.25, 0.3) is 0 Å². The average Bonchev–Trinajstić information content (AvgIpc) is 3.27. The highest BCUT2D eigenvalue weighted by atomic mass is 16.5. The minimum Gasteiger partial charge on any atom is -0.459 e. The fourth-order valence-corrected chi connectivity index (χ4v) is 5.06. The predicted octanol–water partition coefficient (Wildman–Crippen LogP) is 2.36. The molecule has 0 bridgehead atoms. The number of rotatable bonds is 4. The van der Waals surface area contributed by atoms with Crippen LogP contribution in [0.2, 0.25) is 0 Å². The lowest BCUT2D eigenvalue weighted by Crippen LogP contribution is -2.62. The fraction of sp³-hybridized carbons (Fsp3) is 0.500. The molecule has 1 aromatic rings. The summed E-state index contributed by atoms with van der Waals surface area (Å²) in [6.07, 6.45) is 4.84. The van der Waals surface area contributed by atoms with Crippen molar-refractivity contribution >= 4 is 23.6 Å². The van der Waals surface area contributed by atoms with Gasteiger partial charge in [-0.25, -0.2) is 14.5 Å². The molecule has 0 aliphatic carbocycles. The van der Waals surface area contributed by atoms with E-state index in [1.807, 2.05) is 6.07 Å². The quantitative estimate of drug-likeness (QED) is 0.557. The van der Waals surface area contributed by atoms with Gasteiger partial charge in [0.1, 0.15) is 11.9 Å². The van der Waals surface area contributed by atoms with Crippen LogP contribution in [-0.2, 0) is 14.3 Å². The molecule has 9 heteroatoms. The van der Waals surface area contributed by atoms with Crippen molar-refractivity contribution in [2.45, 2.75) is 51.1 Å². The number of nitrogens with zero attached hydrogens (tertiary/aromatic N) is 4. The van der Waals surface area contributed by atoms with Crippen LogP contribution in [0.5, 0.6) is 0 Å². The molecule has 3 aliphatic rings. The summed E-state index contributed by atoms with van der Waals surface area (Å²) in [5, 5.41) is 12.9. The van der Waals surface area contributed by atoms with Gasteiger partial charge in [-0.05, 0) is 57.8 Å². The van der Waals surface area contributed by atoms with Crippen LogP contribution in [0, 0.1) is 11.3 Å². The van der Waals surface area contributed by atoms with Gasteiger partial charge >= 0.3 is 17.9 Å². The number of carbonyl (C=O) groups excluding carboxylic acids is 3. The maximum Gasteiger partial charge on any atom is 0.397 e. The Labute approximate surface area is 193 Å².